The molecule has 110 valence electrons. The van der Waals surface area contributed by atoms with Crippen molar-refractivity contribution in [1.82, 2.24) is 10.2 Å². The van der Waals surface area contributed by atoms with E-state index in [1.165, 1.54) is 4.90 Å². The molecule has 0 aliphatic carbocycles. The summed E-state index contributed by atoms with van der Waals surface area (Å²) >= 11 is 0. The van der Waals surface area contributed by atoms with Crippen LogP contribution in [0.25, 0.3) is 0 Å². The molecule has 0 fully saturated rings. The minimum atomic E-state index is -0.597. The van der Waals surface area contributed by atoms with Crippen LogP contribution >= 0.6 is 0 Å². The van der Waals surface area contributed by atoms with Crippen molar-refractivity contribution in [2.45, 2.75) is 25.8 Å². The van der Waals surface area contributed by atoms with E-state index in [2.05, 4.69) is 5.32 Å². The standard InChI is InChI=1S/C15H22N2O3/c1-15(2,11-18)17(3)13(19)9-10-16-14(20)12-7-5-4-6-8-12/h4-8,18H,9-11H2,1-3H3,(H,16,20). The molecule has 0 spiro atoms. The molecule has 0 atom stereocenters. The summed E-state index contributed by atoms with van der Waals surface area (Å²) in [5.74, 6) is -0.306. The van der Waals surface area contributed by atoms with Gasteiger partial charge in [0.15, 0.2) is 0 Å². The number of aliphatic hydroxyl groups excluding tert-OH is 1. The van der Waals surface area contributed by atoms with Crippen LogP contribution in [0.4, 0.5) is 0 Å². The minimum absolute atomic E-state index is 0.106. The summed E-state index contributed by atoms with van der Waals surface area (Å²) in [5.41, 5.74) is -0.0236. The largest absolute Gasteiger partial charge is 0.394 e. The quantitative estimate of drug-likeness (QED) is 0.816. The van der Waals surface area contributed by atoms with Gasteiger partial charge >= 0.3 is 0 Å². The minimum Gasteiger partial charge on any atom is -0.394 e. The van der Waals surface area contributed by atoms with E-state index in [9.17, 15) is 14.7 Å². The zero-order valence-corrected chi connectivity index (χ0v) is 12.2. The van der Waals surface area contributed by atoms with Gasteiger partial charge in [-0.05, 0) is 26.0 Å². The first kappa shape index (κ1) is 16.2. The van der Waals surface area contributed by atoms with Crippen LogP contribution in [0.2, 0.25) is 0 Å². The highest BCUT2D eigenvalue weighted by Gasteiger charge is 2.26. The molecule has 1 aromatic carbocycles. The first-order chi connectivity index (χ1) is 9.38. The number of carbonyl (C=O) groups excluding carboxylic acids is 2. The highest BCUT2D eigenvalue weighted by Crippen LogP contribution is 2.12. The van der Waals surface area contributed by atoms with Crippen LogP contribution in [0.3, 0.4) is 0 Å². The van der Waals surface area contributed by atoms with E-state index in [1.54, 1.807) is 45.2 Å². The second kappa shape index (κ2) is 7.05. The van der Waals surface area contributed by atoms with E-state index in [0.29, 0.717) is 5.56 Å². The van der Waals surface area contributed by atoms with Crippen molar-refractivity contribution in [2.24, 2.45) is 0 Å². The summed E-state index contributed by atoms with van der Waals surface area (Å²) in [7, 11) is 1.65. The van der Waals surface area contributed by atoms with E-state index in [4.69, 9.17) is 0 Å². The summed E-state index contributed by atoms with van der Waals surface area (Å²) in [6.07, 6.45) is 0.207. The maximum absolute atomic E-state index is 11.9. The van der Waals surface area contributed by atoms with Crippen LogP contribution in [-0.4, -0.2) is 47.6 Å². The van der Waals surface area contributed by atoms with Crippen LogP contribution in [0, 0.1) is 0 Å². The lowest BCUT2D eigenvalue weighted by atomic mass is 10.0. The Balaban J connectivity index is 2.41. The Morgan fingerprint density at radius 3 is 2.40 bits per heavy atom. The summed E-state index contributed by atoms with van der Waals surface area (Å²) in [5, 5.41) is 11.9. The molecule has 2 amide bonds. The topological polar surface area (TPSA) is 69.6 Å². The Labute approximate surface area is 119 Å². The Morgan fingerprint density at radius 2 is 1.85 bits per heavy atom. The fourth-order valence-electron chi connectivity index (χ4n) is 1.59. The second-order valence-electron chi connectivity index (χ2n) is 5.30. The van der Waals surface area contributed by atoms with Gasteiger partial charge < -0.3 is 15.3 Å². The van der Waals surface area contributed by atoms with Crippen LogP contribution < -0.4 is 5.32 Å². The van der Waals surface area contributed by atoms with E-state index in [-0.39, 0.29) is 31.4 Å². The molecule has 2 N–H and O–H groups in total. The smallest absolute Gasteiger partial charge is 0.251 e. The molecule has 0 aliphatic rings. The van der Waals surface area contributed by atoms with Gasteiger partial charge in [0.25, 0.3) is 5.91 Å². The van der Waals surface area contributed by atoms with E-state index >= 15 is 0 Å². The number of hydrogen-bond acceptors (Lipinski definition) is 3. The Hall–Kier alpha value is -1.88. The van der Waals surface area contributed by atoms with Crippen LogP contribution in [0.5, 0.6) is 0 Å². The molecule has 0 saturated heterocycles. The molecule has 5 nitrogen and oxygen atoms in total. The zero-order valence-electron chi connectivity index (χ0n) is 12.2. The van der Waals surface area contributed by atoms with Crippen molar-refractivity contribution in [1.29, 1.82) is 0 Å². The maximum Gasteiger partial charge on any atom is 0.251 e. The number of hydrogen-bond donors (Lipinski definition) is 2. The van der Waals surface area contributed by atoms with Crippen molar-refractivity contribution in [2.75, 3.05) is 20.2 Å². The third-order valence-electron chi connectivity index (χ3n) is 3.33. The van der Waals surface area contributed by atoms with Crippen molar-refractivity contribution >= 4 is 11.8 Å². The average Bonchev–Trinajstić information content (AvgIpc) is 2.47. The van der Waals surface area contributed by atoms with Gasteiger partial charge in [-0.25, -0.2) is 0 Å². The molecule has 0 unspecified atom stereocenters. The van der Waals surface area contributed by atoms with Crippen LogP contribution in [0.15, 0.2) is 30.3 Å². The average molecular weight is 278 g/mol. The van der Waals surface area contributed by atoms with E-state index < -0.39 is 5.54 Å². The highest BCUT2D eigenvalue weighted by atomic mass is 16.3. The number of carbonyl (C=O) groups is 2. The monoisotopic (exact) mass is 278 g/mol. The van der Waals surface area contributed by atoms with Crippen molar-refractivity contribution < 1.29 is 14.7 Å². The molecule has 0 aromatic heterocycles. The molecule has 1 rings (SSSR count). The molecular formula is C15H22N2O3. The Kier molecular flexibility index (Phi) is 5.70. The molecule has 20 heavy (non-hydrogen) atoms. The lowest BCUT2D eigenvalue weighted by Gasteiger charge is -2.34. The van der Waals surface area contributed by atoms with Gasteiger partial charge in [-0.15, -0.1) is 0 Å². The third kappa shape index (κ3) is 4.35. The SMILES string of the molecule is CN(C(=O)CCNC(=O)c1ccccc1)C(C)(C)CO. The normalized spacial score (nSPS) is 11.0. The van der Waals surface area contributed by atoms with Crippen molar-refractivity contribution in [3.05, 3.63) is 35.9 Å². The van der Waals surface area contributed by atoms with Crippen LogP contribution in [0.1, 0.15) is 30.6 Å². The molecule has 5 heteroatoms. The first-order valence-corrected chi connectivity index (χ1v) is 6.59. The van der Waals surface area contributed by atoms with E-state index in [1.807, 2.05) is 6.07 Å². The number of nitrogens with zero attached hydrogens (tertiary/aromatic N) is 1. The predicted octanol–water partition coefficient (Wildman–Crippen LogP) is 1.04. The summed E-state index contributed by atoms with van der Waals surface area (Å²) < 4.78 is 0. The Bertz CT molecular complexity index is 457. The van der Waals surface area contributed by atoms with Gasteiger partial charge in [-0.1, -0.05) is 18.2 Å². The number of likely N-dealkylation sites (N-methyl/N-ethyl adjacent to an activating group) is 1. The second-order valence-corrected chi connectivity index (χ2v) is 5.30. The maximum atomic E-state index is 11.9. The zero-order chi connectivity index (χ0) is 15.2. The third-order valence-corrected chi connectivity index (χ3v) is 3.33. The number of aliphatic hydroxyl groups is 1. The Morgan fingerprint density at radius 1 is 1.25 bits per heavy atom. The van der Waals surface area contributed by atoms with Gasteiger partial charge in [0.1, 0.15) is 0 Å². The summed E-state index contributed by atoms with van der Waals surface area (Å²) in [6.45, 7) is 3.74. The molecular weight excluding hydrogens is 256 g/mol. The van der Waals surface area contributed by atoms with E-state index in [0.717, 1.165) is 0 Å². The lowest BCUT2D eigenvalue weighted by molar-refractivity contribution is -0.135. The molecule has 0 radical (unpaired) electrons. The summed E-state index contributed by atoms with van der Waals surface area (Å²) in [4.78, 5) is 25.2. The fourth-order valence-corrected chi connectivity index (χ4v) is 1.59. The van der Waals surface area contributed by atoms with Gasteiger partial charge in [0, 0.05) is 25.6 Å². The van der Waals surface area contributed by atoms with Gasteiger partial charge in [0.2, 0.25) is 5.91 Å². The highest BCUT2D eigenvalue weighted by molar-refractivity contribution is 5.94. The van der Waals surface area contributed by atoms with Gasteiger partial charge in [-0.3, -0.25) is 9.59 Å². The van der Waals surface area contributed by atoms with Crippen LogP contribution in [-0.2, 0) is 4.79 Å². The molecule has 0 heterocycles. The first-order valence-electron chi connectivity index (χ1n) is 6.59. The predicted molar refractivity (Wildman–Crippen MR) is 77.3 cm³/mol. The number of rotatable bonds is 6. The molecule has 0 bridgehead atoms. The number of nitrogens with one attached hydrogen (secondary N) is 1. The fraction of sp³-hybridized carbons (Fsp3) is 0.467. The number of benzene rings is 1. The van der Waals surface area contributed by atoms with Crippen molar-refractivity contribution in [3.8, 4) is 0 Å². The lowest BCUT2D eigenvalue weighted by Crippen LogP contribution is -2.48. The van der Waals surface area contributed by atoms with Gasteiger partial charge in [-0.2, -0.15) is 0 Å². The molecule has 1 aromatic rings. The molecule has 0 saturated carbocycles. The molecule has 0 aliphatic heterocycles. The number of amides is 2. The van der Waals surface area contributed by atoms with Gasteiger partial charge in [0.05, 0.1) is 12.1 Å². The van der Waals surface area contributed by atoms with Crippen molar-refractivity contribution in [3.63, 3.8) is 0 Å². The summed E-state index contributed by atoms with van der Waals surface area (Å²) in [6, 6.07) is 8.86.